The maximum absolute atomic E-state index is 12.2. The molecule has 4 aliphatic rings. The minimum atomic E-state index is -0.537. The molecule has 3 unspecified atom stereocenters. The van der Waals surface area contributed by atoms with E-state index in [2.05, 4.69) is 6.58 Å². The van der Waals surface area contributed by atoms with Gasteiger partial charge in [0.2, 0.25) is 0 Å². The summed E-state index contributed by atoms with van der Waals surface area (Å²) >= 11 is 0. The second kappa shape index (κ2) is 6.75. The van der Waals surface area contributed by atoms with Gasteiger partial charge in [0, 0.05) is 12.0 Å². The largest absolute Gasteiger partial charge is 0.464 e. The Labute approximate surface area is 150 Å². The standard InChI is InChI=1S/C20H30O5/c1-5-16(18(22)23-6-2)24-19-8-14-7-15(9-19)11-20(10-14,12-19)25-17(21)13(3)4/h14-16H,3,5-12H2,1-2,4H3. The van der Waals surface area contributed by atoms with Crippen LogP contribution in [-0.4, -0.2) is 35.9 Å². The van der Waals surface area contributed by atoms with E-state index in [-0.39, 0.29) is 17.5 Å². The maximum Gasteiger partial charge on any atom is 0.335 e. The highest BCUT2D eigenvalue weighted by Gasteiger charge is 2.61. The first-order chi connectivity index (χ1) is 11.8. The van der Waals surface area contributed by atoms with Gasteiger partial charge in [0.1, 0.15) is 5.60 Å². The van der Waals surface area contributed by atoms with Gasteiger partial charge in [0.05, 0.1) is 12.2 Å². The molecule has 4 fully saturated rings. The second-order valence-corrected chi connectivity index (χ2v) is 8.26. The summed E-state index contributed by atoms with van der Waals surface area (Å²) in [6.07, 6.45) is 5.63. The lowest BCUT2D eigenvalue weighted by molar-refractivity contribution is -0.246. The normalized spacial score (nSPS) is 36.8. The minimum absolute atomic E-state index is 0.284. The van der Waals surface area contributed by atoms with Crippen LogP contribution in [0.1, 0.15) is 65.7 Å². The molecule has 0 radical (unpaired) electrons. The second-order valence-electron chi connectivity index (χ2n) is 8.26. The Morgan fingerprint density at radius 1 is 1.12 bits per heavy atom. The zero-order valence-corrected chi connectivity index (χ0v) is 15.6. The average molecular weight is 350 g/mol. The summed E-state index contributed by atoms with van der Waals surface area (Å²) in [7, 11) is 0. The van der Waals surface area contributed by atoms with E-state index in [9.17, 15) is 9.59 Å². The van der Waals surface area contributed by atoms with Gasteiger partial charge >= 0.3 is 11.9 Å². The molecule has 0 N–H and O–H groups in total. The van der Waals surface area contributed by atoms with E-state index in [1.54, 1.807) is 13.8 Å². The van der Waals surface area contributed by atoms with Crippen LogP contribution in [0.25, 0.3) is 0 Å². The number of esters is 2. The van der Waals surface area contributed by atoms with E-state index in [1.807, 2.05) is 6.92 Å². The van der Waals surface area contributed by atoms with E-state index >= 15 is 0 Å². The molecular formula is C20H30O5. The molecule has 0 saturated heterocycles. The summed E-state index contributed by atoms with van der Waals surface area (Å²) in [6.45, 7) is 9.50. The lowest BCUT2D eigenvalue weighted by Gasteiger charge is -2.61. The molecule has 0 aliphatic heterocycles. The van der Waals surface area contributed by atoms with E-state index in [0.717, 1.165) is 25.7 Å². The van der Waals surface area contributed by atoms with Crippen LogP contribution in [0.4, 0.5) is 0 Å². The van der Waals surface area contributed by atoms with Crippen LogP contribution in [0, 0.1) is 11.8 Å². The van der Waals surface area contributed by atoms with Gasteiger partial charge in [-0.15, -0.1) is 0 Å². The third-order valence-corrected chi connectivity index (χ3v) is 5.92. The first-order valence-corrected chi connectivity index (χ1v) is 9.53. The van der Waals surface area contributed by atoms with Gasteiger partial charge in [-0.1, -0.05) is 13.5 Å². The quantitative estimate of drug-likeness (QED) is 0.519. The predicted octanol–water partition coefficient (Wildman–Crippen LogP) is 3.56. The highest BCUT2D eigenvalue weighted by Crippen LogP contribution is 2.60. The predicted molar refractivity (Wildman–Crippen MR) is 92.8 cm³/mol. The fourth-order valence-electron chi connectivity index (χ4n) is 5.47. The summed E-state index contributed by atoms with van der Waals surface area (Å²) in [6, 6.07) is 0. The number of ether oxygens (including phenoxy) is 3. The Kier molecular flexibility index (Phi) is 4.97. The monoisotopic (exact) mass is 350 g/mol. The van der Waals surface area contributed by atoms with Crippen molar-refractivity contribution >= 4 is 11.9 Å². The first kappa shape index (κ1) is 18.4. The van der Waals surface area contributed by atoms with Crippen molar-refractivity contribution in [3.63, 3.8) is 0 Å². The van der Waals surface area contributed by atoms with Crippen LogP contribution in [0.5, 0.6) is 0 Å². The number of carbonyl (C=O) groups excluding carboxylic acids is 2. The number of hydrogen-bond donors (Lipinski definition) is 0. The van der Waals surface area contributed by atoms with Gasteiger partial charge in [0.25, 0.3) is 0 Å². The Morgan fingerprint density at radius 2 is 1.72 bits per heavy atom. The highest BCUT2D eigenvalue weighted by atomic mass is 16.6. The SMILES string of the molecule is C=C(C)C(=O)OC12CC3CC(C1)CC(OC(CC)C(=O)OCC)(C3)C2. The van der Waals surface area contributed by atoms with Gasteiger partial charge in [0.15, 0.2) is 6.10 Å². The molecule has 4 rings (SSSR count). The van der Waals surface area contributed by atoms with Crippen molar-refractivity contribution < 1.29 is 23.8 Å². The summed E-state index contributed by atoms with van der Waals surface area (Å²) < 4.78 is 17.5. The van der Waals surface area contributed by atoms with Crippen molar-refractivity contribution in [2.24, 2.45) is 11.8 Å². The molecule has 0 spiro atoms. The maximum atomic E-state index is 12.2. The highest BCUT2D eigenvalue weighted by molar-refractivity contribution is 5.87. The number of rotatable bonds is 7. The van der Waals surface area contributed by atoms with Crippen LogP contribution >= 0.6 is 0 Å². The molecule has 0 aromatic heterocycles. The summed E-state index contributed by atoms with van der Waals surface area (Å²) in [4.78, 5) is 24.4. The molecule has 4 saturated carbocycles. The van der Waals surface area contributed by atoms with Crippen molar-refractivity contribution in [2.75, 3.05) is 6.61 Å². The Bertz CT molecular complexity index is 552. The number of carbonyl (C=O) groups is 2. The van der Waals surface area contributed by atoms with Crippen molar-refractivity contribution in [1.82, 2.24) is 0 Å². The van der Waals surface area contributed by atoms with Gasteiger partial charge in [-0.05, 0) is 64.2 Å². The summed E-state index contributed by atoms with van der Waals surface area (Å²) in [5.41, 5.74) is -0.386. The molecule has 4 aliphatic carbocycles. The van der Waals surface area contributed by atoms with E-state index in [0.29, 0.717) is 36.9 Å². The van der Waals surface area contributed by atoms with E-state index in [1.165, 1.54) is 6.42 Å². The summed E-state index contributed by atoms with van der Waals surface area (Å²) in [5, 5.41) is 0. The van der Waals surface area contributed by atoms with Crippen LogP contribution in [0.2, 0.25) is 0 Å². The van der Waals surface area contributed by atoms with E-state index in [4.69, 9.17) is 14.2 Å². The molecule has 5 heteroatoms. The molecule has 3 atom stereocenters. The third-order valence-electron chi connectivity index (χ3n) is 5.92. The molecule has 5 nitrogen and oxygen atoms in total. The van der Waals surface area contributed by atoms with E-state index < -0.39 is 11.7 Å². The van der Waals surface area contributed by atoms with Crippen LogP contribution < -0.4 is 0 Å². The molecule has 4 bridgehead atoms. The molecular weight excluding hydrogens is 320 g/mol. The molecule has 0 aromatic rings. The molecule has 140 valence electrons. The zero-order chi connectivity index (χ0) is 18.2. The Balaban J connectivity index is 1.79. The van der Waals surface area contributed by atoms with Gasteiger partial charge < -0.3 is 14.2 Å². The van der Waals surface area contributed by atoms with Gasteiger partial charge in [-0.3, -0.25) is 0 Å². The molecule has 0 aromatic carbocycles. The smallest absolute Gasteiger partial charge is 0.335 e. The third kappa shape index (κ3) is 3.62. The van der Waals surface area contributed by atoms with Crippen molar-refractivity contribution in [1.29, 1.82) is 0 Å². The topological polar surface area (TPSA) is 61.8 Å². The Hall–Kier alpha value is -1.36. The van der Waals surface area contributed by atoms with Gasteiger partial charge in [-0.2, -0.15) is 0 Å². The van der Waals surface area contributed by atoms with Crippen LogP contribution in [0.15, 0.2) is 12.2 Å². The molecule has 0 heterocycles. The lowest BCUT2D eigenvalue weighted by Crippen LogP contribution is -2.62. The minimum Gasteiger partial charge on any atom is -0.464 e. The van der Waals surface area contributed by atoms with Gasteiger partial charge in [-0.25, -0.2) is 9.59 Å². The zero-order valence-electron chi connectivity index (χ0n) is 15.6. The first-order valence-electron chi connectivity index (χ1n) is 9.53. The summed E-state index contributed by atoms with van der Waals surface area (Å²) in [5.74, 6) is 0.404. The molecule has 0 amide bonds. The van der Waals surface area contributed by atoms with Crippen LogP contribution in [-0.2, 0) is 23.8 Å². The van der Waals surface area contributed by atoms with Crippen molar-refractivity contribution in [2.45, 2.75) is 83.0 Å². The fourth-order valence-corrected chi connectivity index (χ4v) is 5.47. The Morgan fingerprint density at radius 3 is 2.24 bits per heavy atom. The number of hydrogen-bond acceptors (Lipinski definition) is 5. The fraction of sp³-hybridized carbons (Fsp3) is 0.800. The lowest BCUT2D eigenvalue weighted by atomic mass is 9.52. The van der Waals surface area contributed by atoms with Crippen molar-refractivity contribution in [3.05, 3.63) is 12.2 Å². The van der Waals surface area contributed by atoms with Crippen molar-refractivity contribution in [3.8, 4) is 0 Å². The average Bonchev–Trinajstić information content (AvgIpc) is 2.50. The molecule has 25 heavy (non-hydrogen) atoms. The van der Waals surface area contributed by atoms with Crippen LogP contribution in [0.3, 0.4) is 0 Å².